The fourth-order valence-corrected chi connectivity index (χ4v) is 4.85. The summed E-state index contributed by atoms with van der Waals surface area (Å²) in [5.41, 5.74) is 6.42. The van der Waals surface area contributed by atoms with Gasteiger partial charge in [-0.2, -0.15) is 0 Å². The van der Waals surface area contributed by atoms with Gasteiger partial charge in [-0.25, -0.2) is 4.79 Å². The van der Waals surface area contributed by atoms with Gasteiger partial charge in [-0.15, -0.1) is 0 Å². The number of ether oxygens (including phenoxy) is 1. The molecule has 2 rings (SSSR count). The van der Waals surface area contributed by atoms with Crippen molar-refractivity contribution in [3.8, 4) is 0 Å². The van der Waals surface area contributed by atoms with Crippen molar-refractivity contribution in [2.75, 3.05) is 0 Å². The Kier molecular flexibility index (Phi) is 16.1. The average Bonchev–Trinajstić information content (AvgIpc) is 2.94. The van der Waals surface area contributed by atoms with Gasteiger partial charge in [-0.1, -0.05) is 89.3 Å². The molecule has 0 aliphatic carbocycles. The quantitative estimate of drug-likeness (QED) is 0.115. The molecule has 41 heavy (non-hydrogen) atoms. The maximum Gasteiger partial charge on any atom is 0.328 e. The molecule has 0 bridgehead atoms. The van der Waals surface area contributed by atoms with Gasteiger partial charge in [0.1, 0.15) is 12.1 Å². The maximum absolute atomic E-state index is 13.1. The van der Waals surface area contributed by atoms with Gasteiger partial charge in [-0.3, -0.25) is 19.4 Å². The summed E-state index contributed by atoms with van der Waals surface area (Å²) in [6.07, 6.45) is 14.2. The van der Waals surface area contributed by atoms with Crippen LogP contribution in [0.1, 0.15) is 120 Å². The van der Waals surface area contributed by atoms with Crippen molar-refractivity contribution in [1.29, 1.82) is 0 Å². The molecule has 0 saturated heterocycles. The molecule has 0 aliphatic heterocycles. The molecule has 1 aromatic heterocycles. The zero-order valence-electron chi connectivity index (χ0n) is 24.4. The third-order valence-electron chi connectivity index (χ3n) is 7.17. The Morgan fingerprint density at radius 1 is 0.902 bits per heavy atom. The van der Waals surface area contributed by atoms with Crippen LogP contribution in [0.25, 0.3) is 10.9 Å². The number of hydrogen-bond acceptors (Lipinski definition) is 6. The van der Waals surface area contributed by atoms with Crippen LogP contribution >= 0.6 is 0 Å². The molecule has 2 atom stereocenters. The van der Waals surface area contributed by atoms with Gasteiger partial charge in [0.15, 0.2) is 0 Å². The lowest BCUT2D eigenvalue weighted by molar-refractivity contribution is -0.153. The number of nitrogens with zero attached hydrogens (tertiary/aromatic N) is 1. The van der Waals surface area contributed by atoms with E-state index in [1.165, 1.54) is 51.1 Å². The number of amides is 2. The third kappa shape index (κ3) is 14.1. The molecular weight excluding hydrogens is 522 g/mol. The topological polar surface area (TPSA) is 149 Å². The lowest BCUT2D eigenvalue weighted by Crippen LogP contribution is -2.43. The summed E-state index contributed by atoms with van der Waals surface area (Å²) in [6, 6.07) is 7.97. The first-order valence-corrected chi connectivity index (χ1v) is 15.2. The largest absolute Gasteiger partial charge is 0.481 e. The van der Waals surface area contributed by atoms with Crippen LogP contribution in [0.3, 0.4) is 0 Å². The van der Waals surface area contributed by atoms with Crippen molar-refractivity contribution in [3.05, 3.63) is 42.1 Å². The minimum atomic E-state index is -1.07. The number of carbonyl (C=O) groups is 4. The summed E-state index contributed by atoms with van der Waals surface area (Å²) in [4.78, 5) is 53.1. The van der Waals surface area contributed by atoms with Gasteiger partial charge in [0.25, 0.3) is 5.91 Å². The van der Waals surface area contributed by atoms with Crippen LogP contribution in [0.5, 0.6) is 0 Å². The molecule has 1 unspecified atom stereocenters. The molecule has 0 fully saturated rings. The second-order valence-corrected chi connectivity index (χ2v) is 10.8. The van der Waals surface area contributed by atoms with Gasteiger partial charge < -0.3 is 20.9 Å². The summed E-state index contributed by atoms with van der Waals surface area (Å²) >= 11 is 0. The van der Waals surface area contributed by atoms with E-state index in [0.717, 1.165) is 36.6 Å². The molecule has 1 aromatic carbocycles. The van der Waals surface area contributed by atoms with Crippen molar-refractivity contribution in [1.82, 2.24) is 10.3 Å². The smallest absolute Gasteiger partial charge is 0.328 e. The fraction of sp³-hybridized carbons (Fsp3) is 0.594. The first kappa shape index (κ1) is 33.7. The SMILES string of the molecule is CCCCCCCCCCCCCC(CC(N)=O)OC(=O)[C@H](CCCC(=O)O)NC(=O)c1cnc2ccccc2c1. The number of nitrogens with two attached hydrogens (primary N) is 1. The van der Waals surface area contributed by atoms with Crippen LogP contribution < -0.4 is 11.1 Å². The number of rotatable bonds is 22. The summed E-state index contributed by atoms with van der Waals surface area (Å²) in [5.74, 6) is -2.78. The minimum Gasteiger partial charge on any atom is -0.481 e. The van der Waals surface area contributed by atoms with Gasteiger partial charge in [0.05, 0.1) is 17.5 Å². The predicted molar refractivity (Wildman–Crippen MR) is 159 cm³/mol. The van der Waals surface area contributed by atoms with E-state index in [4.69, 9.17) is 15.6 Å². The van der Waals surface area contributed by atoms with Crippen molar-refractivity contribution < 1.29 is 29.0 Å². The Morgan fingerprint density at radius 2 is 1.54 bits per heavy atom. The summed E-state index contributed by atoms with van der Waals surface area (Å²) < 4.78 is 5.66. The molecule has 0 aliphatic rings. The highest BCUT2D eigenvalue weighted by molar-refractivity contribution is 5.99. The summed E-state index contributed by atoms with van der Waals surface area (Å²) in [7, 11) is 0. The van der Waals surface area contributed by atoms with E-state index in [1.807, 2.05) is 24.3 Å². The number of aliphatic carboxylic acids is 1. The van der Waals surface area contributed by atoms with Crippen LogP contribution in [0.2, 0.25) is 0 Å². The van der Waals surface area contributed by atoms with Gasteiger partial charge in [-0.05, 0) is 37.8 Å². The van der Waals surface area contributed by atoms with E-state index in [9.17, 15) is 19.2 Å². The second kappa shape index (κ2) is 19.6. The van der Waals surface area contributed by atoms with E-state index < -0.39 is 35.9 Å². The van der Waals surface area contributed by atoms with E-state index >= 15 is 0 Å². The summed E-state index contributed by atoms with van der Waals surface area (Å²) in [5, 5.41) is 12.5. The Hall–Kier alpha value is -3.49. The molecule has 2 amide bonds. The highest BCUT2D eigenvalue weighted by Gasteiger charge is 2.27. The number of nitrogens with one attached hydrogen (secondary N) is 1. The minimum absolute atomic E-state index is 0.0830. The van der Waals surface area contributed by atoms with Crippen LogP contribution in [-0.2, 0) is 19.1 Å². The van der Waals surface area contributed by atoms with E-state index in [-0.39, 0.29) is 31.2 Å². The lowest BCUT2D eigenvalue weighted by Gasteiger charge is -2.22. The van der Waals surface area contributed by atoms with Crippen molar-refractivity contribution in [2.24, 2.45) is 5.73 Å². The van der Waals surface area contributed by atoms with Crippen LogP contribution in [0.4, 0.5) is 0 Å². The van der Waals surface area contributed by atoms with Crippen molar-refractivity contribution in [2.45, 2.75) is 122 Å². The molecule has 9 nitrogen and oxygen atoms in total. The number of unbranched alkanes of at least 4 members (excludes halogenated alkanes) is 10. The Balaban J connectivity index is 1.90. The number of carbonyl (C=O) groups excluding carboxylic acids is 3. The Labute approximate surface area is 243 Å². The number of esters is 1. The van der Waals surface area contributed by atoms with Crippen LogP contribution in [0.15, 0.2) is 36.5 Å². The number of aromatic nitrogens is 1. The first-order valence-electron chi connectivity index (χ1n) is 15.2. The molecule has 0 radical (unpaired) electrons. The number of pyridine rings is 1. The molecule has 9 heteroatoms. The molecule has 0 saturated carbocycles. The number of carboxylic acids is 1. The molecule has 226 valence electrons. The van der Waals surface area contributed by atoms with E-state index in [1.54, 1.807) is 6.07 Å². The number of primary amides is 1. The van der Waals surface area contributed by atoms with Gasteiger partial charge in [0, 0.05) is 18.0 Å². The Morgan fingerprint density at radius 3 is 2.17 bits per heavy atom. The van der Waals surface area contributed by atoms with Crippen molar-refractivity contribution >= 4 is 34.7 Å². The zero-order chi connectivity index (χ0) is 29.9. The number of fused-ring (bicyclic) bond motifs is 1. The van der Waals surface area contributed by atoms with Crippen LogP contribution in [0, 0.1) is 0 Å². The normalized spacial score (nSPS) is 12.5. The van der Waals surface area contributed by atoms with E-state index in [2.05, 4.69) is 17.2 Å². The predicted octanol–water partition coefficient (Wildman–Crippen LogP) is 6.08. The highest BCUT2D eigenvalue weighted by Crippen LogP contribution is 2.17. The average molecular weight is 570 g/mol. The standard InChI is InChI=1S/C32H47N3O6/c1-2-3-4-5-6-7-8-9-10-11-12-17-26(22-29(33)36)41-32(40)28(19-15-20-30(37)38)35-31(39)25-21-24-16-13-14-18-27(24)34-23-25/h13-14,16,18,21,23,26,28H,2-12,15,17,19-20,22H2,1H3,(H2,33,36)(H,35,39)(H,37,38)/t26?,28-/m0/s1. The first-order chi connectivity index (χ1) is 19.8. The molecule has 4 N–H and O–H groups in total. The summed E-state index contributed by atoms with van der Waals surface area (Å²) in [6.45, 7) is 2.22. The molecule has 0 spiro atoms. The highest BCUT2D eigenvalue weighted by atomic mass is 16.5. The van der Waals surface area contributed by atoms with Gasteiger partial charge >= 0.3 is 11.9 Å². The number of benzene rings is 1. The third-order valence-corrected chi connectivity index (χ3v) is 7.17. The Bertz CT molecular complexity index is 1110. The zero-order valence-corrected chi connectivity index (χ0v) is 24.4. The van der Waals surface area contributed by atoms with Crippen molar-refractivity contribution in [3.63, 3.8) is 0 Å². The van der Waals surface area contributed by atoms with Gasteiger partial charge in [0.2, 0.25) is 5.91 Å². The molecule has 2 aromatic rings. The fourth-order valence-electron chi connectivity index (χ4n) is 4.85. The molecule has 1 heterocycles. The molecular formula is C32H47N3O6. The number of carboxylic acid groups (broad SMARTS) is 1. The van der Waals surface area contributed by atoms with E-state index in [0.29, 0.717) is 6.42 Å². The monoisotopic (exact) mass is 569 g/mol. The number of hydrogen-bond donors (Lipinski definition) is 3. The number of para-hydroxylation sites is 1. The second-order valence-electron chi connectivity index (χ2n) is 10.8. The lowest BCUT2D eigenvalue weighted by atomic mass is 10.0. The maximum atomic E-state index is 13.1. The van der Waals surface area contributed by atoms with Crippen LogP contribution in [-0.4, -0.2) is 46.0 Å².